The second kappa shape index (κ2) is 6.39. The van der Waals surface area contributed by atoms with Crippen molar-refractivity contribution in [2.24, 2.45) is 0 Å². The van der Waals surface area contributed by atoms with E-state index in [9.17, 15) is 12.8 Å². The van der Waals surface area contributed by atoms with E-state index in [1.165, 1.54) is 24.3 Å². The topological polar surface area (TPSA) is 66.4 Å². The van der Waals surface area contributed by atoms with Crippen LogP contribution in [0.25, 0.3) is 0 Å². The Morgan fingerprint density at radius 3 is 2.48 bits per heavy atom. The summed E-state index contributed by atoms with van der Waals surface area (Å²) in [5.41, 5.74) is 0.192. The van der Waals surface area contributed by atoms with Crippen LogP contribution < -0.4 is 4.72 Å². The van der Waals surface area contributed by atoms with Crippen LogP contribution in [0, 0.1) is 17.7 Å². The highest BCUT2D eigenvalue weighted by Crippen LogP contribution is 2.18. The van der Waals surface area contributed by atoms with Crippen molar-refractivity contribution in [3.63, 3.8) is 0 Å². The Bertz CT molecular complexity index is 793. The van der Waals surface area contributed by atoms with Crippen LogP contribution in [0.4, 0.5) is 10.1 Å². The molecule has 2 aromatic carbocycles. The predicted octanol–water partition coefficient (Wildman–Crippen LogP) is 1.97. The van der Waals surface area contributed by atoms with Crippen molar-refractivity contribution < 1.29 is 17.9 Å². The molecule has 6 heteroatoms. The van der Waals surface area contributed by atoms with E-state index < -0.39 is 15.8 Å². The number of aliphatic hydroxyl groups excluding tert-OH is 1. The molecule has 108 valence electrons. The van der Waals surface area contributed by atoms with Crippen LogP contribution >= 0.6 is 0 Å². The minimum atomic E-state index is -3.75. The summed E-state index contributed by atoms with van der Waals surface area (Å²) in [5, 5.41) is 8.56. The van der Waals surface area contributed by atoms with Crippen molar-refractivity contribution >= 4 is 15.7 Å². The van der Waals surface area contributed by atoms with E-state index in [0.717, 1.165) is 6.07 Å². The number of nitrogens with one attached hydrogen (secondary N) is 1. The molecule has 0 radical (unpaired) electrons. The number of benzene rings is 2. The molecule has 2 rings (SSSR count). The summed E-state index contributed by atoms with van der Waals surface area (Å²) >= 11 is 0. The molecule has 0 atom stereocenters. The van der Waals surface area contributed by atoms with E-state index in [1.807, 2.05) is 0 Å². The van der Waals surface area contributed by atoms with Crippen LogP contribution in [-0.4, -0.2) is 20.1 Å². The average molecular weight is 305 g/mol. The third kappa shape index (κ3) is 3.81. The number of sulfonamides is 1. The molecule has 21 heavy (non-hydrogen) atoms. The molecule has 0 aliphatic heterocycles. The molecule has 0 unspecified atom stereocenters. The van der Waals surface area contributed by atoms with E-state index in [4.69, 9.17) is 5.11 Å². The molecule has 0 aliphatic carbocycles. The summed E-state index contributed by atoms with van der Waals surface area (Å²) in [5.74, 6) is 4.10. The van der Waals surface area contributed by atoms with E-state index in [0.29, 0.717) is 0 Å². The van der Waals surface area contributed by atoms with Gasteiger partial charge in [0.05, 0.1) is 16.1 Å². The van der Waals surface area contributed by atoms with Crippen molar-refractivity contribution in [2.75, 3.05) is 11.3 Å². The molecular weight excluding hydrogens is 293 g/mol. The zero-order valence-electron chi connectivity index (χ0n) is 10.9. The molecule has 0 heterocycles. The third-order valence-electron chi connectivity index (χ3n) is 2.58. The van der Waals surface area contributed by atoms with Gasteiger partial charge in [0.25, 0.3) is 10.0 Å². The maximum absolute atomic E-state index is 13.7. The van der Waals surface area contributed by atoms with Crippen LogP contribution in [0.1, 0.15) is 5.56 Å². The molecule has 0 fully saturated rings. The lowest BCUT2D eigenvalue weighted by molar-refractivity contribution is 0.350. The van der Waals surface area contributed by atoms with Crippen LogP contribution in [0.2, 0.25) is 0 Å². The largest absolute Gasteiger partial charge is 0.384 e. The van der Waals surface area contributed by atoms with Crippen molar-refractivity contribution in [3.8, 4) is 11.8 Å². The lowest BCUT2D eigenvalue weighted by Gasteiger charge is -2.08. The fraction of sp³-hybridized carbons (Fsp3) is 0.0667. The summed E-state index contributed by atoms with van der Waals surface area (Å²) < 4.78 is 40.2. The molecule has 0 aromatic heterocycles. The number of hydrogen-bond donors (Lipinski definition) is 2. The molecule has 2 N–H and O–H groups in total. The van der Waals surface area contributed by atoms with Gasteiger partial charge in [-0.05, 0) is 30.3 Å². The fourth-order valence-corrected chi connectivity index (χ4v) is 2.70. The van der Waals surface area contributed by atoms with Crippen molar-refractivity contribution in [3.05, 3.63) is 59.9 Å². The molecular formula is C15H12FNO3S. The predicted molar refractivity (Wildman–Crippen MR) is 77.6 cm³/mol. The Kier molecular flexibility index (Phi) is 4.58. The summed E-state index contributed by atoms with van der Waals surface area (Å²) in [6.45, 7) is -0.373. The smallest absolute Gasteiger partial charge is 0.261 e. The molecule has 0 saturated heterocycles. The van der Waals surface area contributed by atoms with Gasteiger partial charge in [-0.2, -0.15) is 0 Å². The Morgan fingerprint density at radius 2 is 1.86 bits per heavy atom. The number of halogens is 1. The molecule has 0 aliphatic rings. The van der Waals surface area contributed by atoms with Gasteiger partial charge in [0, 0.05) is 0 Å². The van der Waals surface area contributed by atoms with Crippen LogP contribution in [-0.2, 0) is 10.0 Å². The Morgan fingerprint density at radius 1 is 1.14 bits per heavy atom. The SMILES string of the molecule is O=S(=O)(Nc1ccc(C#CCO)c(F)c1)c1ccccc1. The van der Waals surface area contributed by atoms with Gasteiger partial charge < -0.3 is 5.11 Å². The van der Waals surface area contributed by atoms with Crippen molar-refractivity contribution in [2.45, 2.75) is 4.90 Å². The van der Waals surface area contributed by atoms with Crippen LogP contribution in [0.5, 0.6) is 0 Å². The Labute approximate surface area is 122 Å². The van der Waals surface area contributed by atoms with Gasteiger partial charge in [0.2, 0.25) is 0 Å². The van der Waals surface area contributed by atoms with Crippen LogP contribution in [0.3, 0.4) is 0 Å². The molecule has 0 spiro atoms. The van der Waals surface area contributed by atoms with E-state index in [1.54, 1.807) is 18.2 Å². The quantitative estimate of drug-likeness (QED) is 0.852. The van der Waals surface area contributed by atoms with Gasteiger partial charge in [0.1, 0.15) is 12.4 Å². The molecule has 4 nitrogen and oxygen atoms in total. The highest BCUT2D eigenvalue weighted by Gasteiger charge is 2.14. The molecule has 0 amide bonds. The van der Waals surface area contributed by atoms with E-state index in [2.05, 4.69) is 16.6 Å². The number of hydrogen-bond acceptors (Lipinski definition) is 3. The fourth-order valence-electron chi connectivity index (χ4n) is 1.63. The summed E-state index contributed by atoms with van der Waals surface area (Å²) in [7, 11) is -3.75. The first kappa shape index (κ1) is 15.0. The molecule has 0 saturated carbocycles. The Hall–Kier alpha value is -2.36. The zero-order chi connectivity index (χ0) is 15.3. The zero-order valence-corrected chi connectivity index (χ0v) is 11.7. The number of rotatable bonds is 3. The van der Waals surface area contributed by atoms with Gasteiger partial charge in [-0.1, -0.05) is 30.0 Å². The highest BCUT2D eigenvalue weighted by atomic mass is 32.2. The minimum absolute atomic E-state index is 0.0895. The second-order valence-electron chi connectivity index (χ2n) is 4.07. The maximum Gasteiger partial charge on any atom is 0.261 e. The van der Waals surface area contributed by atoms with E-state index >= 15 is 0 Å². The van der Waals surface area contributed by atoms with Gasteiger partial charge in [-0.25, -0.2) is 12.8 Å². The highest BCUT2D eigenvalue weighted by molar-refractivity contribution is 7.92. The van der Waals surface area contributed by atoms with Gasteiger partial charge in [-0.3, -0.25) is 4.72 Å². The lowest BCUT2D eigenvalue weighted by atomic mass is 10.2. The first-order valence-electron chi connectivity index (χ1n) is 6.00. The maximum atomic E-state index is 13.7. The average Bonchev–Trinajstić information content (AvgIpc) is 2.47. The van der Waals surface area contributed by atoms with Crippen molar-refractivity contribution in [1.82, 2.24) is 0 Å². The summed E-state index contributed by atoms with van der Waals surface area (Å²) in [6.07, 6.45) is 0. The minimum Gasteiger partial charge on any atom is -0.384 e. The third-order valence-corrected chi connectivity index (χ3v) is 3.97. The van der Waals surface area contributed by atoms with Crippen LogP contribution in [0.15, 0.2) is 53.4 Å². The summed E-state index contributed by atoms with van der Waals surface area (Å²) in [4.78, 5) is 0.0922. The normalized spacial score (nSPS) is 10.6. The Balaban J connectivity index is 2.27. The number of anilines is 1. The molecule has 2 aromatic rings. The monoisotopic (exact) mass is 305 g/mol. The first-order chi connectivity index (χ1) is 10.0. The standard InChI is InChI=1S/C15H12FNO3S/c16-15-11-13(9-8-12(15)5-4-10-18)17-21(19,20)14-6-2-1-3-7-14/h1-3,6-9,11,17-18H,10H2. The lowest BCUT2D eigenvalue weighted by Crippen LogP contribution is -2.13. The number of aliphatic hydroxyl groups is 1. The van der Waals surface area contributed by atoms with Crippen molar-refractivity contribution in [1.29, 1.82) is 0 Å². The second-order valence-corrected chi connectivity index (χ2v) is 5.76. The van der Waals surface area contributed by atoms with E-state index in [-0.39, 0.29) is 22.8 Å². The first-order valence-corrected chi connectivity index (χ1v) is 7.48. The van der Waals surface area contributed by atoms with Gasteiger partial charge >= 0.3 is 0 Å². The van der Waals surface area contributed by atoms with Gasteiger partial charge in [0.15, 0.2) is 0 Å². The molecule has 0 bridgehead atoms. The summed E-state index contributed by atoms with van der Waals surface area (Å²) in [6, 6.07) is 11.6. The van der Waals surface area contributed by atoms with Gasteiger partial charge in [-0.15, -0.1) is 0 Å².